The van der Waals surface area contributed by atoms with Gasteiger partial charge in [0.1, 0.15) is 0 Å². The van der Waals surface area contributed by atoms with Crippen LogP contribution in [0.4, 0.5) is 5.69 Å². The summed E-state index contributed by atoms with van der Waals surface area (Å²) in [6.45, 7) is 7.71. The fourth-order valence-electron chi connectivity index (χ4n) is 3.77. The highest BCUT2D eigenvalue weighted by Gasteiger charge is 2.20. The van der Waals surface area contributed by atoms with Crippen molar-refractivity contribution in [2.45, 2.75) is 20.4 Å². The number of rotatable bonds is 5. The summed E-state index contributed by atoms with van der Waals surface area (Å²) in [5, 5.41) is 9.89. The number of nitrogens with zero attached hydrogens (tertiary/aromatic N) is 4. The third kappa shape index (κ3) is 3.94. The average Bonchev–Trinajstić information content (AvgIpc) is 3.46. The van der Waals surface area contributed by atoms with E-state index in [9.17, 15) is 4.79 Å². The number of ether oxygens (including phenoxy) is 1. The van der Waals surface area contributed by atoms with Gasteiger partial charge in [0.15, 0.2) is 17.4 Å². The number of aryl methyl sites for hydroxylation is 2. The predicted molar refractivity (Wildman–Crippen MR) is 114 cm³/mol. The van der Waals surface area contributed by atoms with E-state index in [4.69, 9.17) is 14.1 Å². The SMILES string of the molecule is Cc1nc(C)c(C(=O)Nc2c[nH]nc2-c2nc3cc(CN4CCOCC4)ccc3[nH]2)o1. The van der Waals surface area contributed by atoms with E-state index in [0.29, 0.717) is 28.8 Å². The van der Waals surface area contributed by atoms with Gasteiger partial charge in [-0.25, -0.2) is 9.97 Å². The number of hydrogen-bond acceptors (Lipinski definition) is 7. The normalized spacial score (nSPS) is 14.9. The molecular weight excluding hydrogens is 398 g/mol. The Hall–Kier alpha value is -3.50. The van der Waals surface area contributed by atoms with Gasteiger partial charge in [-0.05, 0) is 24.6 Å². The molecule has 1 amide bonds. The molecule has 0 bridgehead atoms. The predicted octanol–water partition coefficient (Wildman–Crippen LogP) is 2.64. The van der Waals surface area contributed by atoms with Crippen LogP contribution in [0, 0.1) is 13.8 Å². The Bertz CT molecular complexity index is 1230. The molecule has 1 aliphatic heterocycles. The topological polar surface area (TPSA) is 125 Å². The van der Waals surface area contributed by atoms with Gasteiger partial charge in [-0.15, -0.1) is 0 Å². The number of imidazole rings is 1. The van der Waals surface area contributed by atoms with Gasteiger partial charge in [-0.1, -0.05) is 6.07 Å². The summed E-state index contributed by atoms with van der Waals surface area (Å²) < 4.78 is 10.8. The van der Waals surface area contributed by atoms with Crippen molar-refractivity contribution in [3.05, 3.63) is 47.3 Å². The molecule has 4 aromatic rings. The number of oxazole rings is 1. The van der Waals surface area contributed by atoms with Gasteiger partial charge in [0.25, 0.3) is 5.91 Å². The lowest BCUT2D eigenvalue weighted by Gasteiger charge is -2.26. The van der Waals surface area contributed by atoms with E-state index in [-0.39, 0.29) is 11.7 Å². The van der Waals surface area contributed by atoms with E-state index in [1.165, 1.54) is 5.56 Å². The number of anilines is 1. The van der Waals surface area contributed by atoms with Gasteiger partial charge in [0.05, 0.1) is 35.6 Å². The fraction of sp³-hybridized carbons (Fsp3) is 0.333. The maximum Gasteiger partial charge on any atom is 0.293 e. The van der Waals surface area contributed by atoms with Crippen molar-refractivity contribution in [1.82, 2.24) is 30.0 Å². The number of fused-ring (bicyclic) bond motifs is 1. The zero-order chi connectivity index (χ0) is 21.4. The number of H-pyrrole nitrogens is 2. The van der Waals surface area contributed by atoms with E-state index in [1.807, 2.05) is 6.07 Å². The van der Waals surface area contributed by atoms with Gasteiger partial charge in [0.2, 0.25) is 5.76 Å². The number of aromatic nitrogens is 5. The first-order valence-electron chi connectivity index (χ1n) is 10.1. The Kier molecular flexibility index (Phi) is 5.00. The summed E-state index contributed by atoms with van der Waals surface area (Å²) in [7, 11) is 0. The number of hydrogen-bond donors (Lipinski definition) is 3. The van der Waals surface area contributed by atoms with Crippen molar-refractivity contribution in [2.24, 2.45) is 0 Å². The van der Waals surface area contributed by atoms with Crippen molar-refractivity contribution in [3.8, 4) is 11.5 Å². The van der Waals surface area contributed by atoms with Gasteiger partial charge in [-0.3, -0.25) is 14.8 Å². The smallest absolute Gasteiger partial charge is 0.293 e. The van der Waals surface area contributed by atoms with Crippen LogP contribution in [0.5, 0.6) is 0 Å². The van der Waals surface area contributed by atoms with Crippen molar-refractivity contribution >= 4 is 22.6 Å². The molecule has 0 radical (unpaired) electrons. The van der Waals surface area contributed by atoms with E-state index < -0.39 is 0 Å². The van der Waals surface area contributed by atoms with Gasteiger partial charge in [0, 0.05) is 32.8 Å². The third-order valence-corrected chi connectivity index (χ3v) is 5.28. The van der Waals surface area contributed by atoms with E-state index in [1.54, 1.807) is 20.0 Å². The van der Waals surface area contributed by atoms with Crippen molar-refractivity contribution < 1.29 is 13.9 Å². The number of morpholine rings is 1. The minimum atomic E-state index is -0.385. The highest BCUT2D eigenvalue weighted by Crippen LogP contribution is 2.27. The second-order valence-electron chi connectivity index (χ2n) is 7.57. The van der Waals surface area contributed by atoms with Crippen molar-refractivity contribution in [2.75, 3.05) is 31.6 Å². The maximum absolute atomic E-state index is 12.6. The molecule has 1 aliphatic rings. The first-order chi connectivity index (χ1) is 15.1. The largest absolute Gasteiger partial charge is 0.436 e. The molecule has 31 heavy (non-hydrogen) atoms. The average molecular weight is 421 g/mol. The second kappa shape index (κ2) is 7.97. The zero-order valence-corrected chi connectivity index (χ0v) is 17.4. The lowest BCUT2D eigenvalue weighted by molar-refractivity contribution is 0.0342. The molecule has 1 fully saturated rings. The van der Waals surface area contributed by atoms with Crippen LogP contribution >= 0.6 is 0 Å². The van der Waals surface area contributed by atoms with Crippen molar-refractivity contribution in [1.29, 1.82) is 0 Å². The van der Waals surface area contributed by atoms with Crippen LogP contribution in [-0.2, 0) is 11.3 Å². The number of benzene rings is 1. The lowest BCUT2D eigenvalue weighted by atomic mass is 10.2. The van der Waals surface area contributed by atoms with Gasteiger partial charge < -0.3 is 19.5 Å². The van der Waals surface area contributed by atoms with E-state index in [0.717, 1.165) is 43.9 Å². The molecule has 0 spiro atoms. The van der Waals surface area contributed by atoms with Crippen LogP contribution in [0.2, 0.25) is 0 Å². The maximum atomic E-state index is 12.6. The molecule has 10 nitrogen and oxygen atoms in total. The molecule has 3 aromatic heterocycles. The van der Waals surface area contributed by atoms with E-state index in [2.05, 4.69) is 42.5 Å². The lowest BCUT2D eigenvalue weighted by Crippen LogP contribution is -2.35. The molecule has 3 N–H and O–H groups in total. The molecule has 0 aliphatic carbocycles. The van der Waals surface area contributed by atoms with Crippen LogP contribution in [0.3, 0.4) is 0 Å². The number of nitrogens with one attached hydrogen (secondary N) is 3. The molecule has 4 heterocycles. The molecule has 5 rings (SSSR count). The van der Waals surface area contributed by atoms with Crippen LogP contribution in [0.25, 0.3) is 22.6 Å². The fourth-order valence-corrected chi connectivity index (χ4v) is 3.77. The van der Waals surface area contributed by atoms with Crippen molar-refractivity contribution in [3.63, 3.8) is 0 Å². The van der Waals surface area contributed by atoms with E-state index >= 15 is 0 Å². The molecule has 10 heteroatoms. The quantitative estimate of drug-likeness (QED) is 0.452. The first-order valence-corrected chi connectivity index (χ1v) is 10.1. The monoisotopic (exact) mass is 421 g/mol. The summed E-state index contributed by atoms with van der Waals surface area (Å²) in [5.41, 5.74) is 4.51. The Morgan fingerprint density at radius 2 is 2.06 bits per heavy atom. The van der Waals surface area contributed by atoms with Gasteiger partial charge >= 0.3 is 0 Å². The summed E-state index contributed by atoms with van der Waals surface area (Å²) >= 11 is 0. The number of carbonyl (C=O) groups excluding carboxylic acids is 1. The second-order valence-corrected chi connectivity index (χ2v) is 7.57. The highest BCUT2D eigenvalue weighted by molar-refractivity contribution is 6.04. The Labute approximate surface area is 178 Å². The zero-order valence-electron chi connectivity index (χ0n) is 17.4. The molecule has 0 unspecified atom stereocenters. The minimum Gasteiger partial charge on any atom is -0.436 e. The summed E-state index contributed by atoms with van der Waals surface area (Å²) in [6.07, 6.45) is 1.61. The van der Waals surface area contributed by atoms with Crippen LogP contribution in [0.1, 0.15) is 27.7 Å². The van der Waals surface area contributed by atoms with Crippen LogP contribution < -0.4 is 5.32 Å². The Morgan fingerprint density at radius 3 is 2.84 bits per heavy atom. The molecular formula is C21H23N7O3. The number of aromatic amines is 2. The number of amides is 1. The highest BCUT2D eigenvalue weighted by atomic mass is 16.5. The molecule has 0 saturated carbocycles. The third-order valence-electron chi connectivity index (χ3n) is 5.28. The minimum absolute atomic E-state index is 0.182. The number of carbonyl (C=O) groups is 1. The van der Waals surface area contributed by atoms with Gasteiger partial charge in [-0.2, -0.15) is 5.10 Å². The Balaban J connectivity index is 1.38. The Morgan fingerprint density at radius 1 is 1.23 bits per heavy atom. The summed E-state index contributed by atoms with van der Waals surface area (Å²) in [4.78, 5) is 27.1. The summed E-state index contributed by atoms with van der Waals surface area (Å²) in [6, 6.07) is 6.20. The van der Waals surface area contributed by atoms with Crippen LogP contribution in [-0.4, -0.2) is 62.3 Å². The molecule has 1 saturated heterocycles. The first kappa shape index (κ1) is 19.5. The molecule has 160 valence electrons. The standard InChI is InChI=1S/C21H23N7O3/c1-12-19(31-13(2)23-12)21(29)26-17-10-22-27-18(17)20-24-15-4-3-14(9-16(15)25-20)11-28-5-7-30-8-6-28/h3-4,9-10H,5-8,11H2,1-2H3,(H,22,27)(H,24,25)(H,26,29). The molecule has 1 aromatic carbocycles. The summed E-state index contributed by atoms with van der Waals surface area (Å²) in [5.74, 6) is 0.812. The molecule has 0 atom stereocenters. The van der Waals surface area contributed by atoms with Crippen LogP contribution in [0.15, 0.2) is 28.8 Å².